The third-order valence-electron chi connectivity index (χ3n) is 2.44. The lowest BCUT2D eigenvalue weighted by molar-refractivity contribution is -0.120. The second-order valence-corrected chi connectivity index (χ2v) is 4.58. The Morgan fingerprint density at radius 2 is 2.29 bits per heavy atom. The summed E-state index contributed by atoms with van der Waals surface area (Å²) in [7, 11) is 1.97. The molecule has 0 radical (unpaired) electrons. The van der Waals surface area contributed by atoms with Gasteiger partial charge in [-0.25, -0.2) is 4.98 Å². The summed E-state index contributed by atoms with van der Waals surface area (Å²) in [5, 5.41) is 5.97. The highest BCUT2D eigenvalue weighted by Crippen LogP contribution is 1.93. The summed E-state index contributed by atoms with van der Waals surface area (Å²) < 4.78 is 1.99. The van der Waals surface area contributed by atoms with Gasteiger partial charge >= 0.3 is 0 Å². The Morgan fingerprint density at radius 1 is 1.53 bits per heavy atom. The molecule has 0 unspecified atom stereocenters. The number of imidazole rings is 1. The Hall–Kier alpha value is -1.36. The number of hydrogen-bond donors (Lipinski definition) is 2. The highest BCUT2D eigenvalue weighted by atomic mass is 16.1. The maximum Gasteiger partial charge on any atom is 0.233 e. The Kier molecular flexibility index (Phi) is 5.69. The van der Waals surface area contributed by atoms with Gasteiger partial charge in [-0.1, -0.05) is 13.8 Å². The van der Waals surface area contributed by atoms with E-state index in [1.54, 1.807) is 6.20 Å². The molecule has 0 aromatic carbocycles. The van der Waals surface area contributed by atoms with Crippen LogP contribution in [0.3, 0.4) is 0 Å². The van der Waals surface area contributed by atoms with Crippen molar-refractivity contribution in [1.82, 2.24) is 20.2 Å². The number of nitrogens with zero attached hydrogens (tertiary/aromatic N) is 2. The molecule has 0 spiro atoms. The molecule has 1 aromatic heterocycles. The maximum absolute atomic E-state index is 11.4. The van der Waals surface area contributed by atoms with Crippen molar-refractivity contribution in [3.63, 3.8) is 0 Å². The lowest BCUT2D eigenvalue weighted by Crippen LogP contribution is -2.36. The van der Waals surface area contributed by atoms with Gasteiger partial charge in [0, 0.05) is 39.0 Å². The first-order valence-corrected chi connectivity index (χ1v) is 6.03. The molecule has 2 N–H and O–H groups in total. The van der Waals surface area contributed by atoms with Gasteiger partial charge in [-0.05, 0) is 5.92 Å². The van der Waals surface area contributed by atoms with Gasteiger partial charge < -0.3 is 15.2 Å². The van der Waals surface area contributed by atoms with Crippen LogP contribution in [-0.2, 0) is 18.3 Å². The maximum atomic E-state index is 11.4. The smallest absolute Gasteiger partial charge is 0.233 e. The molecule has 1 amide bonds. The summed E-state index contributed by atoms with van der Waals surface area (Å²) >= 11 is 0. The lowest BCUT2D eigenvalue weighted by atomic mass is 10.2. The number of aromatic nitrogens is 2. The van der Waals surface area contributed by atoms with Crippen molar-refractivity contribution in [2.24, 2.45) is 13.0 Å². The summed E-state index contributed by atoms with van der Waals surface area (Å²) in [6, 6.07) is 0. The molecular weight excluding hydrogens is 216 g/mol. The quantitative estimate of drug-likeness (QED) is 0.673. The van der Waals surface area contributed by atoms with E-state index in [9.17, 15) is 4.79 Å². The summed E-state index contributed by atoms with van der Waals surface area (Å²) in [6.07, 6.45) is 4.54. The summed E-state index contributed by atoms with van der Waals surface area (Å²) in [4.78, 5) is 15.6. The van der Waals surface area contributed by atoms with Gasteiger partial charge in [0.1, 0.15) is 5.82 Å². The van der Waals surface area contributed by atoms with E-state index in [1.165, 1.54) is 0 Å². The first-order chi connectivity index (χ1) is 8.09. The highest BCUT2D eigenvalue weighted by molar-refractivity contribution is 5.77. The molecule has 5 heteroatoms. The molecule has 0 saturated carbocycles. The van der Waals surface area contributed by atoms with Crippen LogP contribution in [0.2, 0.25) is 0 Å². The zero-order valence-electron chi connectivity index (χ0n) is 10.9. The first kappa shape index (κ1) is 13.7. The molecule has 0 atom stereocenters. The number of rotatable bonds is 7. The fraction of sp³-hybridized carbons (Fsp3) is 0.667. The van der Waals surface area contributed by atoms with E-state index in [2.05, 4.69) is 29.5 Å². The van der Waals surface area contributed by atoms with Gasteiger partial charge in [-0.2, -0.15) is 0 Å². The van der Waals surface area contributed by atoms with Gasteiger partial charge in [0.2, 0.25) is 5.91 Å². The molecule has 1 heterocycles. The van der Waals surface area contributed by atoms with Crippen LogP contribution in [0, 0.1) is 5.92 Å². The normalized spacial score (nSPS) is 10.8. The molecule has 0 aliphatic carbocycles. The third-order valence-corrected chi connectivity index (χ3v) is 2.44. The molecule has 96 valence electrons. The molecule has 0 aliphatic rings. The van der Waals surface area contributed by atoms with Crippen LogP contribution < -0.4 is 10.6 Å². The SMILES string of the molecule is CC(C)CNC(=O)CNCCc1nccn1C. The number of carbonyl (C=O) groups is 1. The minimum Gasteiger partial charge on any atom is -0.355 e. The lowest BCUT2D eigenvalue weighted by Gasteiger charge is -2.08. The van der Waals surface area contributed by atoms with Gasteiger partial charge in [-0.3, -0.25) is 4.79 Å². The van der Waals surface area contributed by atoms with Crippen molar-refractivity contribution >= 4 is 5.91 Å². The van der Waals surface area contributed by atoms with Gasteiger partial charge in [0.15, 0.2) is 0 Å². The van der Waals surface area contributed by atoms with E-state index in [-0.39, 0.29) is 5.91 Å². The third kappa shape index (κ3) is 5.49. The van der Waals surface area contributed by atoms with Crippen LogP contribution in [0.4, 0.5) is 0 Å². The van der Waals surface area contributed by atoms with Crippen molar-refractivity contribution in [2.45, 2.75) is 20.3 Å². The van der Waals surface area contributed by atoms with Crippen molar-refractivity contribution in [2.75, 3.05) is 19.6 Å². The summed E-state index contributed by atoms with van der Waals surface area (Å²) in [5.41, 5.74) is 0. The minimum absolute atomic E-state index is 0.0542. The molecule has 0 fully saturated rings. The topological polar surface area (TPSA) is 59.0 Å². The summed E-state index contributed by atoms with van der Waals surface area (Å²) in [6.45, 7) is 6.03. The van der Waals surface area contributed by atoms with E-state index < -0.39 is 0 Å². The van der Waals surface area contributed by atoms with Crippen molar-refractivity contribution in [1.29, 1.82) is 0 Å². The Morgan fingerprint density at radius 3 is 2.88 bits per heavy atom. The number of carbonyl (C=O) groups excluding carboxylic acids is 1. The van der Waals surface area contributed by atoms with Crippen molar-refractivity contribution in [3.05, 3.63) is 18.2 Å². The second-order valence-electron chi connectivity index (χ2n) is 4.58. The molecule has 1 rings (SSSR count). The monoisotopic (exact) mass is 238 g/mol. The second kappa shape index (κ2) is 7.06. The number of nitrogens with one attached hydrogen (secondary N) is 2. The van der Waals surface area contributed by atoms with Crippen LogP contribution in [-0.4, -0.2) is 35.1 Å². The average molecular weight is 238 g/mol. The number of amides is 1. The molecule has 17 heavy (non-hydrogen) atoms. The standard InChI is InChI=1S/C12H22N4O/c1-10(2)8-15-12(17)9-13-5-4-11-14-6-7-16(11)3/h6-7,10,13H,4-5,8-9H2,1-3H3,(H,15,17). The van der Waals surface area contributed by atoms with Gasteiger partial charge in [0.05, 0.1) is 6.54 Å². The van der Waals surface area contributed by atoms with Crippen LogP contribution in [0.5, 0.6) is 0 Å². The number of aryl methyl sites for hydroxylation is 1. The van der Waals surface area contributed by atoms with Crippen LogP contribution in [0.1, 0.15) is 19.7 Å². The van der Waals surface area contributed by atoms with E-state index in [1.807, 2.05) is 17.8 Å². The van der Waals surface area contributed by atoms with E-state index in [0.29, 0.717) is 12.5 Å². The zero-order chi connectivity index (χ0) is 12.7. The minimum atomic E-state index is 0.0542. The largest absolute Gasteiger partial charge is 0.355 e. The predicted molar refractivity (Wildman–Crippen MR) is 67.6 cm³/mol. The summed E-state index contributed by atoms with van der Waals surface area (Å²) in [5.74, 6) is 1.57. The molecular formula is C12H22N4O. The fourth-order valence-electron chi connectivity index (χ4n) is 1.42. The van der Waals surface area contributed by atoms with Crippen LogP contribution in [0.15, 0.2) is 12.4 Å². The van der Waals surface area contributed by atoms with E-state index in [0.717, 1.165) is 25.3 Å². The van der Waals surface area contributed by atoms with Gasteiger partial charge in [0.25, 0.3) is 0 Å². The number of hydrogen-bond acceptors (Lipinski definition) is 3. The van der Waals surface area contributed by atoms with Crippen molar-refractivity contribution in [3.8, 4) is 0 Å². The molecule has 0 aliphatic heterocycles. The fourth-order valence-corrected chi connectivity index (χ4v) is 1.42. The van der Waals surface area contributed by atoms with E-state index >= 15 is 0 Å². The van der Waals surface area contributed by atoms with E-state index in [4.69, 9.17) is 0 Å². The van der Waals surface area contributed by atoms with Crippen molar-refractivity contribution < 1.29 is 4.79 Å². The average Bonchev–Trinajstić information content (AvgIpc) is 2.68. The molecule has 1 aromatic rings. The highest BCUT2D eigenvalue weighted by Gasteiger charge is 2.02. The van der Waals surface area contributed by atoms with Crippen LogP contribution >= 0.6 is 0 Å². The Balaban J connectivity index is 2.08. The van der Waals surface area contributed by atoms with Crippen LogP contribution in [0.25, 0.3) is 0 Å². The molecule has 0 saturated heterocycles. The van der Waals surface area contributed by atoms with Gasteiger partial charge in [-0.15, -0.1) is 0 Å². The Bertz CT molecular complexity index is 346. The molecule has 5 nitrogen and oxygen atoms in total. The molecule has 0 bridgehead atoms. The Labute approximate surface area is 103 Å². The predicted octanol–water partition coefficient (Wildman–Crippen LogP) is 0.324. The first-order valence-electron chi connectivity index (χ1n) is 6.03. The zero-order valence-corrected chi connectivity index (χ0v) is 10.9.